The normalized spacial score (nSPS) is 24.6. The zero-order valence-corrected chi connectivity index (χ0v) is 4.00. The van der Waals surface area contributed by atoms with Crippen molar-refractivity contribution in [1.82, 2.24) is 0 Å². The van der Waals surface area contributed by atoms with Crippen LogP contribution in [0.2, 0.25) is 0 Å². The molecule has 0 aliphatic carbocycles. The zero-order valence-electron chi connectivity index (χ0n) is 4.00. The van der Waals surface area contributed by atoms with E-state index in [0.717, 1.165) is 0 Å². The first-order valence-corrected chi connectivity index (χ1v) is 1.86. The summed E-state index contributed by atoms with van der Waals surface area (Å²) in [4.78, 5) is 9.98. The first kappa shape index (κ1) is 7.13. The molecule has 1 rings (SSSR count). The number of cyclic esters (lactones) is 1. The Hall–Kier alpha value is -0.870. The number of hydrogen-bond acceptors (Lipinski definition) is 3. The van der Waals surface area contributed by atoms with Crippen molar-refractivity contribution in [3.05, 3.63) is 12.2 Å². The summed E-state index contributed by atoms with van der Waals surface area (Å²) < 4.78 is 4.17. The van der Waals surface area contributed by atoms with Gasteiger partial charge in [0.2, 0.25) is 6.29 Å². The Bertz CT molecular complexity index is 117. The van der Waals surface area contributed by atoms with Gasteiger partial charge in [-0.3, -0.25) is 0 Å². The Balaban J connectivity index is 0.000000490. The molecule has 3 N–H and O–H groups in total. The van der Waals surface area contributed by atoms with Crippen LogP contribution in [0.4, 0.5) is 0 Å². The summed E-state index contributed by atoms with van der Waals surface area (Å²) in [5, 5.41) is 8.37. The van der Waals surface area contributed by atoms with Crippen LogP contribution in [0.15, 0.2) is 12.2 Å². The topological polar surface area (TPSA) is 78.0 Å². The van der Waals surface area contributed by atoms with Gasteiger partial charge >= 0.3 is 5.97 Å². The van der Waals surface area contributed by atoms with E-state index in [4.69, 9.17) is 5.11 Å². The molecule has 1 atom stereocenters. The second kappa shape index (κ2) is 2.44. The minimum atomic E-state index is -1.01. The number of carbonyl (C=O) groups is 1. The van der Waals surface area contributed by atoms with Crippen LogP contribution in [0.25, 0.3) is 0 Å². The SMILES string of the molecule is O.O=C1C=CC(O)O1. The summed E-state index contributed by atoms with van der Waals surface area (Å²) in [5.74, 6) is -0.479. The maximum Gasteiger partial charge on any atom is 0.333 e. The standard InChI is InChI=1S/C4H4O3.H2O/c5-3-1-2-4(6)7-3;/h1-3,5H;1H2. The van der Waals surface area contributed by atoms with Gasteiger partial charge in [-0.05, 0) is 6.08 Å². The lowest BCUT2D eigenvalue weighted by molar-refractivity contribution is -0.150. The number of rotatable bonds is 0. The summed E-state index contributed by atoms with van der Waals surface area (Å²) in [6, 6.07) is 0. The number of aliphatic hydroxyl groups is 1. The summed E-state index contributed by atoms with van der Waals surface area (Å²) in [6.07, 6.45) is 1.46. The fourth-order valence-electron chi connectivity index (χ4n) is 0.358. The molecule has 4 heteroatoms. The summed E-state index contributed by atoms with van der Waals surface area (Å²) in [5.41, 5.74) is 0. The van der Waals surface area contributed by atoms with E-state index in [2.05, 4.69) is 4.74 Å². The number of carbonyl (C=O) groups excluding carboxylic acids is 1. The summed E-state index contributed by atoms with van der Waals surface area (Å²) in [7, 11) is 0. The van der Waals surface area contributed by atoms with Gasteiger partial charge in [-0.1, -0.05) is 0 Å². The lowest BCUT2D eigenvalue weighted by Gasteiger charge is -1.94. The van der Waals surface area contributed by atoms with E-state index in [0.29, 0.717) is 0 Å². The lowest BCUT2D eigenvalue weighted by atomic mass is 10.5. The molecule has 4 nitrogen and oxygen atoms in total. The number of ether oxygens (including phenoxy) is 1. The minimum absolute atomic E-state index is 0. The zero-order chi connectivity index (χ0) is 5.28. The van der Waals surface area contributed by atoms with Crippen LogP contribution < -0.4 is 0 Å². The molecule has 0 fully saturated rings. The molecule has 1 heterocycles. The number of hydrogen-bond donors (Lipinski definition) is 1. The fraction of sp³-hybridized carbons (Fsp3) is 0.250. The average molecular weight is 118 g/mol. The molecule has 1 aliphatic rings. The molecule has 1 aliphatic heterocycles. The van der Waals surface area contributed by atoms with Crippen LogP contribution in [0.3, 0.4) is 0 Å². The Morgan fingerprint density at radius 1 is 1.75 bits per heavy atom. The molecule has 0 saturated heterocycles. The van der Waals surface area contributed by atoms with Crippen molar-refractivity contribution in [3.8, 4) is 0 Å². The third-order valence-corrected chi connectivity index (χ3v) is 0.634. The molecule has 0 aromatic heterocycles. The highest BCUT2D eigenvalue weighted by atomic mass is 16.6. The second-order valence-electron chi connectivity index (χ2n) is 1.19. The Morgan fingerprint density at radius 3 is 2.50 bits per heavy atom. The molecule has 0 spiro atoms. The molecule has 0 aromatic rings. The van der Waals surface area contributed by atoms with Gasteiger partial charge in [-0.2, -0.15) is 0 Å². The first-order valence-electron chi connectivity index (χ1n) is 1.86. The van der Waals surface area contributed by atoms with Gasteiger partial charge in [0.25, 0.3) is 0 Å². The van der Waals surface area contributed by atoms with Crippen LogP contribution in [0.1, 0.15) is 0 Å². The maximum absolute atomic E-state index is 9.98. The van der Waals surface area contributed by atoms with E-state index >= 15 is 0 Å². The van der Waals surface area contributed by atoms with Crippen molar-refractivity contribution in [2.24, 2.45) is 0 Å². The van der Waals surface area contributed by atoms with Crippen molar-refractivity contribution in [3.63, 3.8) is 0 Å². The third-order valence-electron chi connectivity index (χ3n) is 0.634. The number of aliphatic hydroxyl groups excluding tert-OH is 1. The summed E-state index contributed by atoms with van der Waals surface area (Å²) >= 11 is 0. The highest BCUT2D eigenvalue weighted by Gasteiger charge is 2.10. The molecule has 0 aromatic carbocycles. The predicted octanol–water partition coefficient (Wildman–Crippen LogP) is -1.41. The van der Waals surface area contributed by atoms with E-state index in [9.17, 15) is 4.79 Å². The van der Waals surface area contributed by atoms with Crippen LogP contribution in [0, 0.1) is 0 Å². The first-order chi connectivity index (χ1) is 3.29. The molecule has 1 unspecified atom stereocenters. The quantitative estimate of drug-likeness (QED) is 0.397. The van der Waals surface area contributed by atoms with Gasteiger partial charge in [0.05, 0.1) is 0 Å². The van der Waals surface area contributed by atoms with Gasteiger partial charge < -0.3 is 15.3 Å². The van der Waals surface area contributed by atoms with Crippen molar-refractivity contribution in [2.75, 3.05) is 0 Å². The molecule has 46 valence electrons. The Morgan fingerprint density at radius 2 is 2.38 bits per heavy atom. The average Bonchev–Trinajstić information content (AvgIpc) is 1.87. The maximum atomic E-state index is 9.98. The van der Waals surface area contributed by atoms with Gasteiger partial charge in [0.1, 0.15) is 0 Å². The second-order valence-corrected chi connectivity index (χ2v) is 1.19. The Kier molecular flexibility index (Phi) is 2.18. The van der Waals surface area contributed by atoms with E-state index in [1.807, 2.05) is 0 Å². The Labute approximate surface area is 45.7 Å². The smallest absolute Gasteiger partial charge is 0.333 e. The van der Waals surface area contributed by atoms with E-state index in [1.54, 1.807) is 0 Å². The molecule has 0 bridgehead atoms. The molecule has 0 saturated carbocycles. The van der Waals surface area contributed by atoms with E-state index < -0.39 is 12.3 Å². The van der Waals surface area contributed by atoms with E-state index in [-0.39, 0.29) is 5.48 Å². The predicted molar refractivity (Wildman–Crippen MR) is 24.9 cm³/mol. The molecule has 8 heavy (non-hydrogen) atoms. The monoisotopic (exact) mass is 118 g/mol. The van der Waals surface area contributed by atoms with Crippen molar-refractivity contribution >= 4 is 5.97 Å². The van der Waals surface area contributed by atoms with Gasteiger partial charge in [0, 0.05) is 6.08 Å². The van der Waals surface area contributed by atoms with Gasteiger partial charge in [0.15, 0.2) is 0 Å². The molecule has 0 amide bonds. The molecular weight excluding hydrogens is 112 g/mol. The summed E-state index contributed by atoms with van der Waals surface area (Å²) in [6.45, 7) is 0. The minimum Gasteiger partial charge on any atom is -0.429 e. The van der Waals surface area contributed by atoms with Crippen LogP contribution in [0.5, 0.6) is 0 Å². The van der Waals surface area contributed by atoms with E-state index in [1.165, 1.54) is 12.2 Å². The molecular formula is C4H6O4. The molecule has 0 radical (unpaired) electrons. The van der Waals surface area contributed by atoms with Gasteiger partial charge in [-0.15, -0.1) is 0 Å². The largest absolute Gasteiger partial charge is 0.429 e. The highest BCUT2D eigenvalue weighted by Crippen LogP contribution is 1.98. The van der Waals surface area contributed by atoms with Crippen molar-refractivity contribution in [2.45, 2.75) is 6.29 Å². The highest BCUT2D eigenvalue weighted by molar-refractivity contribution is 5.84. The van der Waals surface area contributed by atoms with Crippen LogP contribution in [-0.2, 0) is 9.53 Å². The lowest BCUT2D eigenvalue weighted by Crippen LogP contribution is -2.04. The fourth-order valence-corrected chi connectivity index (χ4v) is 0.358. The van der Waals surface area contributed by atoms with Crippen LogP contribution in [-0.4, -0.2) is 22.8 Å². The number of esters is 1. The van der Waals surface area contributed by atoms with Crippen molar-refractivity contribution in [1.29, 1.82) is 0 Å². The van der Waals surface area contributed by atoms with Crippen molar-refractivity contribution < 1.29 is 20.1 Å². The van der Waals surface area contributed by atoms with Crippen LogP contribution >= 0.6 is 0 Å². The third kappa shape index (κ3) is 1.32. The van der Waals surface area contributed by atoms with Gasteiger partial charge in [-0.25, -0.2) is 4.79 Å².